The van der Waals surface area contributed by atoms with Crippen molar-refractivity contribution < 1.29 is 23.9 Å². The Morgan fingerprint density at radius 2 is 1.88 bits per heavy atom. The average Bonchev–Trinajstić information content (AvgIpc) is 2.76. The number of nitrogens with one attached hydrogen (secondary N) is 2. The fraction of sp³-hybridized carbons (Fsp3) is 0.412. The van der Waals surface area contributed by atoms with Gasteiger partial charge in [0, 0.05) is 6.42 Å². The Balaban J connectivity index is 2.03. The van der Waals surface area contributed by atoms with Crippen LogP contribution < -0.4 is 10.6 Å². The quantitative estimate of drug-likeness (QED) is 0.566. The average molecular weight is 347 g/mol. The lowest BCUT2D eigenvalue weighted by atomic mass is 10.1. The summed E-state index contributed by atoms with van der Waals surface area (Å²) in [6.45, 7) is 2.64. The monoisotopic (exact) mass is 347 g/mol. The van der Waals surface area contributed by atoms with Crippen molar-refractivity contribution in [2.24, 2.45) is 0 Å². The largest absolute Gasteiger partial charge is 0.467 e. The van der Waals surface area contributed by atoms with Crippen LogP contribution in [0.1, 0.15) is 19.4 Å². The zero-order chi connectivity index (χ0) is 18.6. The van der Waals surface area contributed by atoms with Crippen LogP contribution in [0.25, 0.3) is 0 Å². The van der Waals surface area contributed by atoms with E-state index in [1.54, 1.807) is 13.8 Å². The molecule has 1 aliphatic rings. The van der Waals surface area contributed by atoms with Gasteiger partial charge in [0.25, 0.3) is 5.91 Å². The summed E-state index contributed by atoms with van der Waals surface area (Å²) in [6, 6.07) is 7.58. The van der Waals surface area contributed by atoms with Crippen molar-refractivity contribution in [3.8, 4) is 0 Å². The van der Waals surface area contributed by atoms with Crippen molar-refractivity contribution in [3.05, 3.63) is 35.9 Å². The molecule has 1 aromatic rings. The second-order valence-electron chi connectivity index (χ2n) is 6.28. The molecule has 2 rings (SSSR count). The lowest BCUT2D eigenvalue weighted by molar-refractivity contribution is -0.145. The Bertz CT molecular complexity index is 687. The van der Waals surface area contributed by atoms with E-state index >= 15 is 0 Å². The molecular formula is C17H21N3O5. The summed E-state index contributed by atoms with van der Waals surface area (Å²) in [4.78, 5) is 48.9. The van der Waals surface area contributed by atoms with Gasteiger partial charge < -0.3 is 15.4 Å². The van der Waals surface area contributed by atoms with Crippen LogP contribution in [-0.4, -0.2) is 54.0 Å². The number of hydrogen-bond donors (Lipinski definition) is 2. The maximum absolute atomic E-state index is 12.2. The van der Waals surface area contributed by atoms with Crippen LogP contribution in [0.5, 0.6) is 0 Å². The molecule has 0 spiro atoms. The molecule has 134 valence electrons. The number of imide groups is 1. The van der Waals surface area contributed by atoms with E-state index < -0.39 is 41.9 Å². The molecule has 1 aliphatic heterocycles. The highest BCUT2D eigenvalue weighted by Gasteiger charge is 2.45. The van der Waals surface area contributed by atoms with Crippen molar-refractivity contribution in [1.29, 1.82) is 0 Å². The first-order valence-electron chi connectivity index (χ1n) is 7.80. The molecule has 1 fully saturated rings. The van der Waals surface area contributed by atoms with Crippen LogP contribution in [0.4, 0.5) is 4.79 Å². The van der Waals surface area contributed by atoms with Gasteiger partial charge in [-0.2, -0.15) is 0 Å². The summed E-state index contributed by atoms with van der Waals surface area (Å²) in [6.07, 6.45) is 0.241. The summed E-state index contributed by atoms with van der Waals surface area (Å²) >= 11 is 0. The number of nitrogens with zero attached hydrogens (tertiary/aromatic N) is 1. The molecule has 1 aromatic carbocycles. The lowest BCUT2D eigenvalue weighted by Gasteiger charge is -2.19. The Kier molecular flexibility index (Phi) is 5.41. The van der Waals surface area contributed by atoms with Gasteiger partial charge in [-0.25, -0.2) is 9.59 Å². The minimum Gasteiger partial charge on any atom is -0.467 e. The third-order valence-electron chi connectivity index (χ3n) is 3.85. The molecule has 0 unspecified atom stereocenters. The van der Waals surface area contributed by atoms with Crippen molar-refractivity contribution in [3.63, 3.8) is 0 Å². The topological polar surface area (TPSA) is 105 Å². The number of urea groups is 1. The van der Waals surface area contributed by atoms with E-state index in [0.29, 0.717) is 0 Å². The molecule has 4 amide bonds. The number of methoxy groups -OCH3 is 1. The predicted octanol–water partition coefficient (Wildman–Crippen LogP) is 0.217. The summed E-state index contributed by atoms with van der Waals surface area (Å²) in [7, 11) is 1.23. The Labute approximate surface area is 145 Å². The fourth-order valence-electron chi connectivity index (χ4n) is 2.53. The third kappa shape index (κ3) is 4.34. The van der Waals surface area contributed by atoms with E-state index in [1.165, 1.54) is 7.11 Å². The maximum atomic E-state index is 12.2. The van der Waals surface area contributed by atoms with Crippen LogP contribution in [0.15, 0.2) is 30.3 Å². The second kappa shape index (κ2) is 7.33. The first kappa shape index (κ1) is 18.4. The highest BCUT2D eigenvalue weighted by molar-refractivity contribution is 6.08. The van der Waals surface area contributed by atoms with Gasteiger partial charge in [-0.1, -0.05) is 30.3 Å². The molecule has 25 heavy (non-hydrogen) atoms. The SMILES string of the molecule is COC(=O)[C@@H](Cc1ccccc1)NC(=O)CN1C(=O)NC(C)(C)C1=O. The molecule has 0 radical (unpaired) electrons. The Morgan fingerprint density at radius 3 is 2.40 bits per heavy atom. The molecule has 0 aliphatic carbocycles. The third-order valence-corrected chi connectivity index (χ3v) is 3.85. The van der Waals surface area contributed by atoms with E-state index in [2.05, 4.69) is 10.6 Å². The lowest BCUT2D eigenvalue weighted by Crippen LogP contribution is -2.48. The molecule has 1 saturated heterocycles. The number of esters is 1. The molecule has 8 heteroatoms. The smallest absolute Gasteiger partial charge is 0.328 e. The van der Waals surface area contributed by atoms with Gasteiger partial charge in [0.05, 0.1) is 7.11 Å². The summed E-state index contributed by atoms with van der Waals surface area (Å²) in [5, 5.41) is 5.02. The number of ether oxygens (including phenoxy) is 1. The summed E-state index contributed by atoms with van der Waals surface area (Å²) in [5.74, 6) is -1.72. The number of carbonyl (C=O) groups is 4. The number of hydrogen-bond acceptors (Lipinski definition) is 5. The molecule has 0 saturated carbocycles. The molecule has 0 aromatic heterocycles. The Hall–Kier alpha value is -2.90. The highest BCUT2D eigenvalue weighted by atomic mass is 16.5. The van der Waals surface area contributed by atoms with E-state index in [9.17, 15) is 19.2 Å². The number of rotatable bonds is 6. The molecule has 0 bridgehead atoms. The predicted molar refractivity (Wildman–Crippen MR) is 88.4 cm³/mol. The van der Waals surface area contributed by atoms with Crippen molar-refractivity contribution in [2.75, 3.05) is 13.7 Å². The summed E-state index contributed by atoms with van der Waals surface area (Å²) in [5.41, 5.74) is -0.210. The first-order valence-corrected chi connectivity index (χ1v) is 7.80. The minimum absolute atomic E-state index is 0.241. The minimum atomic E-state index is -1.05. The van der Waals surface area contributed by atoms with Crippen LogP contribution in [0.3, 0.4) is 0 Å². The van der Waals surface area contributed by atoms with Crippen LogP contribution in [0, 0.1) is 0 Å². The van der Waals surface area contributed by atoms with Gasteiger partial charge in [0.15, 0.2) is 0 Å². The van der Waals surface area contributed by atoms with Crippen molar-refractivity contribution in [2.45, 2.75) is 31.8 Å². The van der Waals surface area contributed by atoms with Gasteiger partial charge in [-0.15, -0.1) is 0 Å². The van der Waals surface area contributed by atoms with Gasteiger partial charge in [-0.3, -0.25) is 14.5 Å². The van der Waals surface area contributed by atoms with E-state index in [0.717, 1.165) is 10.5 Å². The van der Waals surface area contributed by atoms with Gasteiger partial charge in [0.1, 0.15) is 18.1 Å². The Morgan fingerprint density at radius 1 is 1.24 bits per heavy atom. The van der Waals surface area contributed by atoms with E-state index in [-0.39, 0.29) is 6.42 Å². The first-order chi connectivity index (χ1) is 11.7. The van der Waals surface area contributed by atoms with Gasteiger partial charge in [0.2, 0.25) is 5.91 Å². The van der Waals surface area contributed by atoms with E-state index in [4.69, 9.17) is 4.74 Å². The molecule has 1 heterocycles. The second-order valence-corrected chi connectivity index (χ2v) is 6.28. The zero-order valence-electron chi connectivity index (χ0n) is 14.4. The van der Waals surface area contributed by atoms with Crippen LogP contribution in [0.2, 0.25) is 0 Å². The van der Waals surface area contributed by atoms with Crippen molar-refractivity contribution >= 4 is 23.8 Å². The number of amides is 4. The normalized spacial score (nSPS) is 17.0. The fourth-order valence-corrected chi connectivity index (χ4v) is 2.53. The molecular weight excluding hydrogens is 326 g/mol. The molecule has 1 atom stereocenters. The standard InChI is InChI=1S/C17H21N3O5/c1-17(2)15(23)20(16(24)19-17)10-13(21)18-12(14(22)25-3)9-11-7-5-4-6-8-11/h4-8,12H,9-10H2,1-3H3,(H,18,21)(H,19,24)/t12-/m1/s1. The highest BCUT2D eigenvalue weighted by Crippen LogP contribution is 2.16. The molecule has 2 N–H and O–H groups in total. The van der Waals surface area contributed by atoms with Crippen molar-refractivity contribution in [1.82, 2.24) is 15.5 Å². The maximum Gasteiger partial charge on any atom is 0.328 e. The van der Waals surface area contributed by atoms with Gasteiger partial charge in [-0.05, 0) is 19.4 Å². The number of benzene rings is 1. The molecule has 8 nitrogen and oxygen atoms in total. The van der Waals surface area contributed by atoms with Crippen LogP contribution in [-0.2, 0) is 25.5 Å². The summed E-state index contributed by atoms with van der Waals surface area (Å²) < 4.78 is 4.72. The van der Waals surface area contributed by atoms with E-state index in [1.807, 2.05) is 30.3 Å². The zero-order valence-corrected chi connectivity index (χ0v) is 14.4. The number of carbonyl (C=O) groups excluding carboxylic acids is 4. The van der Waals surface area contributed by atoms with Crippen LogP contribution >= 0.6 is 0 Å². The van der Waals surface area contributed by atoms with Gasteiger partial charge >= 0.3 is 12.0 Å².